The van der Waals surface area contributed by atoms with E-state index < -0.39 is 0 Å². The first-order valence-corrected chi connectivity index (χ1v) is 8.80. The van der Waals surface area contributed by atoms with E-state index in [9.17, 15) is 0 Å². The molecule has 0 aromatic heterocycles. The molecule has 2 aromatic rings. The first-order chi connectivity index (χ1) is 9.85. The van der Waals surface area contributed by atoms with Gasteiger partial charge in [-0.3, -0.25) is 0 Å². The van der Waals surface area contributed by atoms with Gasteiger partial charge in [-0.15, -0.1) is 23.5 Å². The van der Waals surface area contributed by atoms with Gasteiger partial charge >= 0.3 is 0 Å². The summed E-state index contributed by atoms with van der Waals surface area (Å²) in [7, 11) is 1.71. The molecule has 1 aliphatic heterocycles. The van der Waals surface area contributed by atoms with Crippen molar-refractivity contribution in [1.82, 2.24) is 0 Å². The van der Waals surface area contributed by atoms with Crippen molar-refractivity contribution in [3.8, 4) is 5.75 Å². The molecule has 0 N–H and O–H groups in total. The summed E-state index contributed by atoms with van der Waals surface area (Å²) in [6, 6.07) is 19.4. The van der Waals surface area contributed by atoms with Crippen molar-refractivity contribution in [2.45, 2.75) is 10.5 Å². The maximum atomic E-state index is 5.28. The Bertz CT molecular complexity index is 545. The van der Waals surface area contributed by atoms with Crippen molar-refractivity contribution in [3.05, 3.63) is 65.7 Å². The van der Waals surface area contributed by atoms with Gasteiger partial charge in [0.05, 0.1) is 7.11 Å². The number of thioether (sulfide) groups is 2. The molecule has 1 nitrogen and oxygen atoms in total. The number of benzene rings is 2. The number of hydrogen-bond acceptors (Lipinski definition) is 3. The Morgan fingerprint density at radius 3 is 2.05 bits per heavy atom. The number of ether oxygens (including phenoxy) is 1. The minimum Gasteiger partial charge on any atom is -0.497 e. The number of methoxy groups -OCH3 is 1. The van der Waals surface area contributed by atoms with Crippen LogP contribution in [-0.4, -0.2) is 18.6 Å². The predicted molar refractivity (Wildman–Crippen MR) is 89.7 cm³/mol. The third-order valence-corrected chi connectivity index (χ3v) is 6.97. The fraction of sp³-hybridized carbons (Fsp3) is 0.294. The molecule has 0 saturated carbocycles. The summed E-state index contributed by atoms with van der Waals surface area (Å²) in [5.74, 6) is 3.35. The van der Waals surface area contributed by atoms with E-state index in [4.69, 9.17) is 4.74 Å². The molecule has 0 amide bonds. The smallest absolute Gasteiger partial charge is 0.118 e. The summed E-state index contributed by atoms with van der Waals surface area (Å²) < 4.78 is 5.32. The SMILES string of the molecule is COc1ccc(C2(c3ccccc3)SCCCS2)cc1. The highest BCUT2D eigenvalue weighted by molar-refractivity contribution is 8.18. The molecule has 1 fully saturated rings. The molecule has 1 aliphatic rings. The van der Waals surface area contributed by atoms with Gasteiger partial charge in [-0.1, -0.05) is 42.5 Å². The summed E-state index contributed by atoms with van der Waals surface area (Å²) in [5, 5.41) is 0. The van der Waals surface area contributed by atoms with Crippen LogP contribution < -0.4 is 4.74 Å². The van der Waals surface area contributed by atoms with E-state index in [2.05, 4.69) is 78.1 Å². The van der Waals surface area contributed by atoms with Gasteiger partial charge in [-0.2, -0.15) is 0 Å². The third-order valence-electron chi connectivity index (χ3n) is 3.52. The Morgan fingerprint density at radius 1 is 0.850 bits per heavy atom. The van der Waals surface area contributed by atoms with E-state index in [-0.39, 0.29) is 4.08 Å². The summed E-state index contributed by atoms with van der Waals surface area (Å²) in [6.45, 7) is 0. The van der Waals surface area contributed by atoms with Crippen molar-refractivity contribution >= 4 is 23.5 Å². The van der Waals surface area contributed by atoms with Gasteiger partial charge in [0.25, 0.3) is 0 Å². The van der Waals surface area contributed by atoms with Crippen LogP contribution in [0.3, 0.4) is 0 Å². The Kier molecular flexibility index (Phi) is 4.27. The van der Waals surface area contributed by atoms with Gasteiger partial charge < -0.3 is 4.74 Å². The second kappa shape index (κ2) is 6.15. The molecule has 2 aromatic carbocycles. The van der Waals surface area contributed by atoms with Crippen LogP contribution >= 0.6 is 23.5 Å². The van der Waals surface area contributed by atoms with Gasteiger partial charge in [-0.05, 0) is 41.2 Å². The van der Waals surface area contributed by atoms with E-state index in [1.165, 1.54) is 29.1 Å². The van der Waals surface area contributed by atoms with Crippen LogP contribution in [0.4, 0.5) is 0 Å². The molecule has 20 heavy (non-hydrogen) atoms. The Hall–Kier alpha value is -1.06. The van der Waals surface area contributed by atoms with Crippen LogP contribution in [0.1, 0.15) is 17.5 Å². The maximum Gasteiger partial charge on any atom is 0.118 e. The number of rotatable bonds is 3. The molecule has 3 rings (SSSR count). The maximum absolute atomic E-state index is 5.28. The molecule has 0 atom stereocenters. The summed E-state index contributed by atoms with van der Waals surface area (Å²) in [6.07, 6.45) is 1.29. The molecule has 0 bridgehead atoms. The van der Waals surface area contributed by atoms with Crippen LogP contribution in [0.2, 0.25) is 0 Å². The fourth-order valence-electron chi connectivity index (χ4n) is 2.50. The monoisotopic (exact) mass is 302 g/mol. The molecule has 0 unspecified atom stereocenters. The zero-order chi connectivity index (χ0) is 13.8. The quantitative estimate of drug-likeness (QED) is 0.808. The largest absolute Gasteiger partial charge is 0.497 e. The highest BCUT2D eigenvalue weighted by Gasteiger charge is 2.37. The van der Waals surface area contributed by atoms with Crippen molar-refractivity contribution in [2.24, 2.45) is 0 Å². The molecule has 1 saturated heterocycles. The standard InChI is InChI=1S/C17H18OS2/c1-18-16-10-8-15(9-11-16)17(19-12-5-13-20-17)14-6-3-2-4-7-14/h2-4,6-11H,5,12-13H2,1H3. The van der Waals surface area contributed by atoms with Crippen molar-refractivity contribution < 1.29 is 4.74 Å². The third kappa shape index (κ3) is 2.57. The van der Waals surface area contributed by atoms with Crippen LogP contribution in [-0.2, 0) is 4.08 Å². The molecule has 0 spiro atoms. The number of hydrogen-bond donors (Lipinski definition) is 0. The highest BCUT2D eigenvalue weighted by atomic mass is 32.2. The van der Waals surface area contributed by atoms with Crippen molar-refractivity contribution in [1.29, 1.82) is 0 Å². The van der Waals surface area contributed by atoms with Crippen LogP contribution in [0, 0.1) is 0 Å². The molecular formula is C17H18OS2. The lowest BCUT2D eigenvalue weighted by molar-refractivity contribution is 0.414. The first-order valence-electron chi connectivity index (χ1n) is 6.83. The van der Waals surface area contributed by atoms with Gasteiger partial charge in [-0.25, -0.2) is 0 Å². The Morgan fingerprint density at radius 2 is 1.45 bits per heavy atom. The normalized spacial score (nSPS) is 17.6. The minimum absolute atomic E-state index is 0.0335. The van der Waals surface area contributed by atoms with E-state index in [1.807, 2.05) is 0 Å². The molecular weight excluding hydrogens is 284 g/mol. The topological polar surface area (TPSA) is 9.23 Å². The molecule has 0 radical (unpaired) electrons. The lowest BCUT2D eigenvalue weighted by Gasteiger charge is -2.37. The van der Waals surface area contributed by atoms with Gasteiger partial charge in [0.1, 0.15) is 9.83 Å². The fourth-order valence-corrected chi connectivity index (χ4v) is 5.88. The zero-order valence-corrected chi connectivity index (χ0v) is 13.2. The van der Waals surface area contributed by atoms with Crippen molar-refractivity contribution in [2.75, 3.05) is 18.6 Å². The minimum atomic E-state index is 0.0335. The average Bonchev–Trinajstić information content (AvgIpc) is 2.56. The second-order valence-corrected chi connectivity index (χ2v) is 7.64. The van der Waals surface area contributed by atoms with Gasteiger partial charge in [0.2, 0.25) is 0 Å². The predicted octanol–water partition coefficient (Wildman–Crippen LogP) is 4.77. The average molecular weight is 302 g/mol. The van der Waals surface area contributed by atoms with E-state index >= 15 is 0 Å². The van der Waals surface area contributed by atoms with E-state index in [0.29, 0.717) is 0 Å². The summed E-state index contributed by atoms with van der Waals surface area (Å²) in [4.78, 5) is 0. The van der Waals surface area contributed by atoms with Crippen molar-refractivity contribution in [3.63, 3.8) is 0 Å². The Labute approximate surface area is 129 Å². The first kappa shape index (κ1) is 13.9. The lowest BCUT2D eigenvalue weighted by Crippen LogP contribution is -2.24. The van der Waals surface area contributed by atoms with E-state index in [1.54, 1.807) is 7.11 Å². The summed E-state index contributed by atoms with van der Waals surface area (Å²) >= 11 is 4.10. The molecule has 104 valence electrons. The highest BCUT2D eigenvalue weighted by Crippen LogP contribution is 2.54. The molecule has 0 aliphatic carbocycles. The lowest BCUT2D eigenvalue weighted by atomic mass is 10.0. The van der Waals surface area contributed by atoms with E-state index in [0.717, 1.165) is 5.75 Å². The van der Waals surface area contributed by atoms with Crippen LogP contribution in [0.25, 0.3) is 0 Å². The zero-order valence-electron chi connectivity index (χ0n) is 11.5. The van der Waals surface area contributed by atoms with Crippen LogP contribution in [0.5, 0.6) is 5.75 Å². The molecule has 1 heterocycles. The van der Waals surface area contributed by atoms with Gasteiger partial charge in [0, 0.05) is 0 Å². The second-order valence-electron chi connectivity index (χ2n) is 4.76. The Balaban J connectivity index is 2.05. The molecule has 3 heteroatoms. The summed E-state index contributed by atoms with van der Waals surface area (Å²) in [5.41, 5.74) is 2.75. The van der Waals surface area contributed by atoms with Gasteiger partial charge in [0.15, 0.2) is 0 Å². The van der Waals surface area contributed by atoms with Crippen LogP contribution in [0.15, 0.2) is 54.6 Å².